The fourth-order valence-corrected chi connectivity index (χ4v) is 1.22. The standard InChI is InChI=1S/C6H9N3O2S/c1-2-12(11)6-8-3-4(7)5(10)9-6/h3H,2,7H2,1H3,(H,8,9,10). The minimum Gasteiger partial charge on any atom is -0.609 e. The molecule has 3 N–H and O–H groups in total. The summed E-state index contributed by atoms with van der Waals surface area (Å²) in [6.07, 6.45) is 1.24. The van der Waals surface area contributed by atoms with Crippen molar-refractivity contribution in [1.29, 1.82) is 0 Å². The van der Waals surface area contributed by atoms with Gasteiger partial charge in [-0.25, -0.2) is 0 Å². The van der Waals surface area contributed by atoms with Gasteiger partial charge < -0.3 is 15.4 Å². The van der Waals surface area contributed by atoms with Gasteiger partial charge >= 0.3 is 5.16 Å². The maximum Gasteiger partial charge on any atom is 0.346 e. The van der Waals surface area contributed by atoms with E-state index in [-0.39, 0.29) is 16.7 Å². The van der Waals surface area contributed by atoms with Crippen molar-refractivity contribution in [2.24, 2.45) is 0 Å². The lowest BCUT2D eigenvalue weighted by Gasteiger charge is -2.05. The van der Waals surface area contributed by atoms with Crippen LogP contribution in [0.3, 0.4) is 0 Å². The summed E-state index contributed by atoms with van der Waals surface area (Å²) in [7, 11) is 0. The molecule has 1 atom stereocenters. The van der Waals surface area contributed by atoms with Crippen LogP contribution in [-0.4, -0.2) is 25.4 Å². The van der Waals surface area contributed by atoms with Gasteiger partial charge in [0.2, 0.25) is 5.88 Å². The molecule has 0 fully saturated rings. The highest BCUT2D eigenvalue weighted by Crippen LogP contribution is 2.16. The molecule has 1 unspecified atom stereocenters. The number of aromatic nitrogens is 2. The summed E-state index contributed by atoms with van der Waals surface area (Å²) in [5.74, 6) is 0.102. The van der Waals surface area contributed by atoms with Crippen molar-refractivity contribution in [2.45, 2.75) is 12.1 Å². The Morgan fingerprint density at radius 2 is 2.42 bits per heavy atom. The summed E-state index contributed by atoms with van der Waals surface area (Å²) in [6.45, 7) is 1.74. The minimum absolute atomic E-state index is 0.0897. The second kappa shape index (κ2) is 3.59. The van der Waals surface area contributed by atoms with Gasteiger partial charge in [0.15, 0.2) is 0 Å². The van der Waals surface area contributed by atoms with E-state index in [2.05, 4.69) is 9.97 Å². The summed E-state index contributed by atoms with van der Waals surface area (Å²) >= 11 is -1.25. The first-order valence-corrected chi connectivity index (χ1v) is 4.67. The smallest absolute Gasteiger partial charge is 0.346 e. The molecule has 1 rings (SSSR count). The van der Waals surface area contributed by atoms with Gasteiger partial charge in [-0.05, 0) is 6.92 Å². The molecule has 1 aromatic rings. The zero-order chi connectivity index (χ0) is 9.14. The highest BCUT2D eigenvalue weighted by molar-refractivity contribution is 7.91. The first-order chi connectivity index (χ1) is 5.65. The maximum absolute atomic E-state index is 11.1. The van der Waals surface area contributed by atoms with E-state index in [1.54, 1.807) is 6.92 Å². The van der Waals surface area contributed by atoms with Crippen LogP contribution in [0.5, 0.6) is 5.88 Å². The van der Waals surface area contributed by atoms with Crippen molar-refractivity contribution in [3.63, 3.8) is 0 Å². The molecule has 0 radical (unpaired) electrons. The van der Waals surface area contributed by atoms with Crippen LogP contribution >= 0.6 is 0 Å². The Morgan fingerprint density at radius 3 is 2.92 bits per heavy atom. The van der Waals surface area contributed by atoms with Crippen LogP contribution in [0.15, 0.2) is 11.4 Å². The van der Waals surface area contributed by atoms with E-state index in [1.165, 1.54) is 6.20 Å². The molecular weight excluding hydrogens is 178 g/mol. The second-order valence-electron chi connectivity index (χ2n) is 2.07. The topological polar surface area (TPSA) is 95.1 Å². The van der Waals surface area contributed by atoms with Gasteiger partial charge in [-0.15, -0.1) is 4.98 Å². The van der Waals surface area contributed by atoms with Crippen molar-refractivity contribution in [3.05, 3.63) is 6.20 Å². The van der Waals surface area contributed by atoms with Crippen molar-refractivity contribution in [3.8, 4) is 5.88 Å². The van der Waals surface area contributed by atoms with Gasteiger partial charge in [0.05, 0.1) is 6.20 Å². The Labute approximate surface area is 72.8 Å². The number of hydrogen-bond acceptors (Lipinski definition) is 5. The van der Waals surface area contributed by atoms with Gasteiger partial charge in [0, 0.05) is 11.2 Å². The average molecular weight is 187 g/mol. The van der Waals surface area contributed by atoms with Crippen molar-refractivity contribution in [1.82, 2.24) is 9.97 Å². The molecule has 1 heterocycles. The third-order valence-electron chi connectivity index (χ3n) is 1.24. The van der Waals surface area contributed by atoms with Gasteiger partial charge in [-0.2, -0.15) is 4.98 Å². The lowest BCUT2D eigenvalue weighted by atomic mass is 10.5. The third-order valence-corrected chi connectivity index (χ3v) is 2.37. The van der Waals surface area contributed by atoms with Crippen molar-refractivity contribution >= 4 is 16.9 Å². The Bertz CT molecular complexity index is 281. The quantitative estimate of drug-likeness (QED) is 0.497. The zero-order valence-corrected chi connectivity index (χ0v) is 7.34. The highest BCUT2D eigenvalue weighted by Gasteiger charge is 2.13. The molecular formula is C6H9N3O2S. The minimum atomic E-state index is -1.25. The van der Waals surface area contributed by atoms with Crippen LogP contribution in [0.4, 0.5) is 5.69 Å². The molecule has 0 aromatic carbocycles. The summed E-state index contributed by atoms with van der Waals surface area (Å²) in [5, 5.41) is 9.15. The summed E-state index contributed by atoms with van der Waals surface area (Å²) in [4.78, 5) is 7.28. The first kappa shape index (κ1) is 9.08. The van der Waals surface area contributed by atoms with Crippen molar-refractivity contribution in [2.75, 3.05) is 11.5 Å². The monoisotopic (exact) mass is 187 g/mol. The molecule has 1 aromatic heterocycles. The highest BCUT2D eigenvalue weighted by atomic mass is 32.2. The van der Waals surface area contributed by atoms with Gasteiger partial charge in [0.1, 0.15) is 11.4 Å². The van der Waals surface area contributed by atoms with E-state index < -0.39 is 11.2 Å². The van der Waals surface area contributed by atoms with Crippen LogP contribution < -0.4 is 5.73 Å². The molecule has 0 spiro atoms. The number of rotatable bonds is 2. The molecule has 0 bridgehead atoms. The molecule has 0 aliphatic carbocycles. The summed E-state index contributed by atoms with van der Waals surface area (Å²) < 4.78 is 11.1. The lowest BCUT2D eigenvalue weighted by Crippen LogP contribution is -2.09. The van der Waals surface area contributed by atoms with Crippen molar-refractivity contribution < 1.29 is 9.66 Å². The molecule has 0 aliphatic rings. The average Bonchev–Trinajstić information content (AvgIpc) is 2.08. The number of anilines is 1. The molecule has 0 saturated heterocycles. The number of nitrogens with zero attached hydrogens (tertiary/aromatic N) is 2. The van der Waals surface area contributed by atoms with Gasteiger partial charge in [-0.1, -0.05) is 0 Å². The molecule has 6 heteroatoms. The van der Waals surface area contributed by atoms with Gasteiger partial charge in [0.25, 0.3) is 0 Å². The number of nitrogens with two attached hydrogens (primary N) is 1. The van der Waals surface area contributed by atoms with E-state index in [0.29, 0.717) is 5.75 Å². The Hall–Kier alpha value is -1.01. The lowest BCUT2D eigenvalue weighted by molar-refractivity contribution is 0.446. The third kappa shape index (κ3) is 1.77. The van der Waals surface area contributed by atoms with E-state index >= 15 is 0 Å². The molecule has 5 nitrogen and oxygen atoms in total. The SMILES string of the molecule is CC[S+]([O-])c1ncc(N)c(O)n1. The fourth-order valence-electron chi connectivity index (χ4n) is 0.605. The Balaban J connectivity index is 2.96. The molecule has 12 heavy (non-hydrogen) atoms. The summed E-state index contributed by atoms with van der Waals surface area (Å²) in [6, 6.07) is 0. The van der Waals surface area contributed by atoms with E-state index in [4.69, 9.17) is 10.8 Å². The Kier molecular flexibility index (Phi) is 2.72. The number of aromatic hydroxyl groups is 1. The molecule has 0 aliphatic heterocycles. The number of hydrogen-bond donors (Lipinski definition) is 2. The maximum atomic E-state index is 11.1. The zero-order valence-electron chi connectivity index (χ0n) is 6.52. The number of nitrogen functional groups attached to an aromatic ring is 1. The largest absolute Gasteiger partial charge is 0.609 e. The molecule has 0 saturated carbocycles. The van der Waals surface area contributed by atoms with Crippen LogP contribution in [0.1, 0.15) is 6.92 Å². The van der Waals surface area contributed by atoms with Crippen LogP contribution in [-0.2, 0) is 11.2 Å². The normalized spacial score (nSPS) is 12.8. The van der Waals surface area contributed by atoms with E-state index in [0.717, 1.165) is 0 Å². The van der Waals surface area contributed by atoms with Crippen LogP contribution in [0.25, 0.3) is 0 Å². The second-order valence-corrected chi connectivity index (χ2v) is 3.70. The predicted octanol–water partition coefficient (Wildman–Crippen LogP) is -0.108. The van der Waals surface area contributed by atoms with Gasteiger partial charge in [-0.3, -0.25) is 0 Å². The van der Waals surface area contributed by atoms with Crippen LogP contribution in [0.2, 0.25) is 0 Å². The van der Waals surface area contributed by atoms with E-state index in [1.807, 2.05) is 0 Å². The molecule has 66 valence electrons. The van der Waals surface area contributed by atoms with Crippen LogP contribution in [0, 0.1) is 0 Å². The Morgan fingerprint density at radius 1 is 1.75 bits per heavy atom. The van der Waals surface area contributed by atoms with E-state index in [9.17, 15) is 4.55 Å². The first-order valence-electron chi connectivity index (χ1n) is 3.35. The predicted molar refractivity (Wildman–Crippen MR) is 45.1 cm³/mol. The summed E-state index contributed by atoms with van der Waals surface area (Å²) in [5.41, 5.74) is 5.35. The molecule has 0 amide bonds. The fraction of sp³-hybridized carbons (Fsp3) is 0.333.